The number of alkyl halides is 6. The SMILES string of the molecule is FC(F)(F)c1ccc(OCCC(Oc2ccc(C(F)(F)F)cc2)c2ccccc2)cc1. The van der Waals surface area contributed by atoms with E-state index >= 15 is 0 Å². The lowest BCUT2D eigenvalue weighted by atomic mass is 10.1. The van der Waals surface area contributed by atoms with Gasteiger partial charge >= 0.3 is 12.4 Å². The molecule has 0 aliphatic rings. The van der Waals surface area contributed by atoms with Crippen LogP contribution >= 0.6 is 0 Å². The highest BCUT2D eigenvalue weighted by molar-refractivity contribution is 5.31. The molecule has 0 aliphatic carbocycles. The van der Waals surface area contributed by atoms with Gasteiger partial charge in [0.2, 0.25) is 0 Å². The number of halogens is 6. The second-order valence-corrected chi connectivity index (χ2v) is 6.70. The molecule has 0 bridgehead atoms. The van der Waals surface area contributed by atoms with Gasteiger partial charge < -0.3 is 9.47 Å². The monoisotopic (exact) mass is 440 g/mol. The maximum Gasteiger partial charge on any atom is 0.416 e. The predicted molar refractivity (Wildman–Crippen MR) is 103 cm³/mol. The molecule has 1 unspecified atom stereocenters. The van der Waals surface area contributed by atoms with Crippen molar-refractivity contribution in [2.75, 3.05) is 6.61 Å². The van der Waals surface area contributed by atoms with E-state index in [4.69, 9.17) is 9.47 Å². The van der Waals surface area contributed by atoms with Crippen molar-refractivity contribution in [2.45, 2.75) is 24.9 Å². The molecule has 0 amide bonds. The van der Waals surface area contributed by atoms with Crippen LogP contribution in [-0.4, -0.2) is 6.61 Å². The number of hydrogen-bond acceptors (Lipinski definition) is 2. The summed E-state index contributed by atoms with van der Waals surface area (Å²) in [4.78, 5) is 0. The highest BCUT2D eigenvalue weighted by Gasteiger charge is 2.31. The van der Waals surface area contributed by atoms with Crippen molar-refractivity contribution in [1.82, 2.24) is 0 Å². The third-order valence-electron chi connectivity index (χ3n) is 4.46. The van der Waals surface area contributed by atoms with Crippen LogP contribution in [0.15, 0.2) is 78.9 Å². The van der Waals surface area contributed by atoms with E-state index < -0.39 is 29.6 Å². The Balaban J connectivity index is 1.66. The maximum absolute atomic E-state index is 12.7. The molecule has 0 saturated heterocycles. The number of ether oxygens (including phenoxy) is 2. The van der Waals surface area contributed by atoms with E-state index in [-0.39, 0.29) is 18.1 Å². The second-order valence-electron chi connectivity index (χ2n) is 6.70. The Hall–Kier alpha value is -3.16. The highest BCUT2D eigenvalue weighted by atomic mass is 19.4. The zero-order chi connectivity index (χ0) is 22.5. The van der Waals surface area contributed by atoms with Crippen molar-refractivity contribution < 1.29 is 35.8 Å². The molecule has 0 radical (unpaired) electrons. The molecule has 8 heteroatoms. The molecule has 1 atom stereocenters. The number of rotatable bonds is 7. The van der Waals surface area contributed by atoms with Crippen molar-refractivity contribution in [3.63, 3.8) is 0 Å². The fourth-order valence-corrected chi connectivity index (χ4v) is 2.87. The van der Waals surface area contributed by atoms with Crippen LogP contribution in [0.2, 0.25) is 0 Å². The Morgan fingerprint density at radius 1 is 0.613 bits per heavy atom. The lowest BCUT2D eigenvalue weighted by Crippen LogP contribution is -2.13. The van der Waals surface area contributed by atoms with E-state index in [1.807, 2.05) is 18.2 Å². The van der Waals surface area contributed by atoms with Crippen LogP contribution in [-0.2, 0) is 12.4 Å². The Morgan fingerprint density at radius 3 is 1.58 bits per heavy atom. The molecule has 0 aromatic heterocycles. The molecule has 3 aromatic carbocycles. The van der Waals surface area contributed by atoms with Crippen LogP contribution in [0.25, 0.3) is 0 Å². The van der Waals surface area contributed by atoms with E-state index in [0.717, 1.165) is 29.8 Å². The summed E-state index contributed by atoms with van der Waals surface area (Å²) in [5.74, 6) is 0.533. The zero-order valence-electron chi connectivity index (χ0n) is 16.1. The van der Waals surface area contributed by atoms with Crippen LogP contribution in [0, 0.1) is 0 Å². The summed E-state index contributed by atoms with van der Waals surface area (Å²) >= 11 is 0. The van der Waals surface area contributed by atoms with Crippen molar-refractivity contribution >= 4 is 0 Å². The second kappa shape index (κ2) is 9.32. The van der Waals surface area contributed by atoms with E-state index in [0.29, 0.717) is 6.42 Å². The van der Waals surface area contributed by atoms with Gasteiger partial charge in [0.05, 0.1) is 17.7 Å². The van der Waals surface area contributed by atoms with Gasteiger partial charge in [0, 0.05) is 6.42 Å². The Kier molecular flexibility index (Phi) is 6.77. The van der Waals surface area contributed by atoms with E-state index in [2.05, 4.69) is 0 Å². The smallest absolute Gasteiger partial charge is 0.416 e. The van der Waals surface area contributed by atoms with Gasteiger partial charge in [0.1, 0.15) is 17.6 Å². The normalized spacial score (nSPS) is 13.0. The maximum atomic E-state index is 12.7. The van der Waals surface area contributed by atoms with E-state index in [9.17, 15) is 26.3 Å². The van der Waals surface area contributed by atoms with Crippen LogP contribution in [0.4, 0.5) is 26.3 Å². The topological polar surface area (TPSA) is 18.5 Å². The molecular formula is C23H18F6O2. The molecule has 3 aromatic rings. The Labute approximate surface area is 175 Å². The van der Waals surface area contributed by atoms with Crippen molar-refractivity contribution in [2.24, 2.45) is 0 Å². The van der Waals surface area contributed by atoms with E-state index in [1.165, 1.54) is 24.3 Å². The molecule has 164 valence electrons. The lowest BCUT2D eigenvalue weighted by Gasteiger charge is -2.20. The highest BCUT2D eigenvalue weighted by Crippen LogP contribution is 2.33. The van der Waals surface area contributed by atoms with Gasteiger partial charge in [0.25, 0.3) is 0 Å². The Bertz CT molecular complexity index is 949. The van der Waals surface area contributed by atoms with Gasteiger partial charge in [-0.1, -0.05) is 30.3 Å². The molecule has 0 heterocycles. The van der Waals surface area contributed by atoms with Gasteiger partial charge in [-0.2, -0.15) is 26.3 Å². The fraction of sp³-hybridized carbons (Fsp3) is 0.217. The van der Waals surface area contributed by atoms with Crippen LogP contribution in [0.3, 0.4) is 0 Å². The summed E-state index contributed by atoms with van der Waals surface area (Å²) < 4.78 is 87.6. The first-order valence-corrected chi connectivity index (χ1v) is 9.32. The fourth-order valence-electron chi connectivity index (χ4n) is 2.87. The van der Waals surface area contributed by atoms with Crippen LogP contribution in [0.5, 0.6) is 11.5 Å². The first-order chi connectivity index (χ1) is 14.6. The summed E-state index contributed by atoms with van der Waals surface area (Å²) in [6.45, 7) is 0.131. The minimum atomic E-state index is -4.44. The average molecular weight is 440 g/mol. The zero-order valence-corrected chi connectivity index (χ0v) is 16.1. The molecule has 0 fully saturated rings. The average Bonchev–Trinajstić information content (AvgIpc) is 2.73. The minimum absolute atomic E-state index is 0.131. The molecule has 3 rings (SSSR count). The molecule has 0 N–H and O–H groups in total. The van der Waals surface area contributed by atoms with Gasteiger partial charge in [-0.05, 0) is 54.1 Å². The summed E-state index contributed by atoms with van der Waals surface area (Å²) in [7, 11) is 0. The molecular weight excluding hydrogens is 422 g/mol. The minimum Gasteiger partial charge on any atom is -0.493 e. The largest absolute Gasteiger partial charge is 0.493 e. The first kappa shape index (κ1) is 22.5. The molecule has 0 spiro atoms. The third kappa shape index (κ3) is 6.41. The lowest BCUT2D eigenvalue weighted by molar-refractivity contribution is -0.138. The quantitative estimate of drug-likeness (QED) is 0.359. The standard InChI is InChI=1S/C23H18F6O2/c24-22(25,26)17-6-10-19(11-7-17)30-15-14-21(16-4-2-1-3-5-16)31-20-12-8-18(9-13-20)23(27,28)29/h1-13,21H,14-15H2. The number of benzene rings is 3. The third-order valence-corrected chi connectivity index (χ3v) is 4.46. The van der Waals surface area contributed by atoms with Crippen LogP contribution in [0.1, 0.15) is 29.2 Å². The summed E-state index contributed by atoms with van der Waals surface area (Å²) in [5, 5.41) is 0. The van der Waals surface area contributed by atoms with Gasteiger partial charge in [-0.25, -0.2) is 0 Å². The summed E-state index contributed by atoms with van der Waals surface area (Å²) in [6.07, 6.45) is -9.06. The van der Waals surface area contributed by atoms with Gasteiger partial charge in [-0.15, -0.1) is 0 Å². The summed E-state index contributed by atoms with van der Waals surface area (Å²) in [5.41, 5.74) is -0.757. The molecule has 2 nitrogen and oxygen atoms in total. The van der Waals surface area contributed by atoms with Crippen molar-refractivity contribution in [1.29, 1.82) is 0 Å². The molecule has 0 saturated carbocycles. The predicted octanol–water partition coefficient (Wildman–Crippen LogP) is 7.31. The van der Waals surface area contributed by atoms with Crippen molar-refractivity contribution in [3.8, 4) is 11.5 Å². The molecule has 0 aliphatic heterocycles. The van der Waals surface area contributed by atoms with Crippen molar-refractivity contribution in [3.05, 3.63) is 95.6 Å². The number of hydrogen-bond donors (Lipinski definition) is 0. The molecule has 31 heavy (non-hydrogen) atoms. The first-order valence-electron chi connectivity index (χ1n) is 9.32. The summed E-state index contributed by atoms with van der Waals surface area (Å²) in [6, 6.07) is 17.7. The van der Waals surface area contributed by atoms with Gasteiger partial charge in [0.15, 0.2) is 0 Å². The van der Waals surface area contributed by atoms with E-state index in [1.54, 1.807) is 12.1 Å². The van der Waals surface area contributed by atoms with Gasteiger partial charge in [-0.3, -0.25) is 0 Å². The van der Waals surface area contributed by atoms with Crippen LogP contribution < -0.4 is 9.47 Å². The Morgan fingerprint density at radius 2 is 1.10 bits per heavy atom.